The lowest BCUT2D eigenvalue weighted by molar-refractivity contribution is -0.110. The third-order valence-corrected chi connectivity index (χ3v) is 3.63. The van der Waals surface area contributed by atoms with Crippen LogP contribution < -0.4 is 5.32 Å². The Labute approximate surface area is 108 Å². The summed E-state index contributed by atoms with van der Waals surface area (Å²) in [5.41, 5.74) is 1.98. The minimum atomic E-state index is -0.221. The van der Waals surface area contributed by atoms with Crippen molar-refractivity contribution in [2.75, 3.05) is 5.32 Å². The number of amides is 1. The third kappa shape index (κ3) is 1.76. The highest BCUT2D eigenvalue weighted by molar-refractivity contribution is 7.12. The minimum Gasteiger partial charge on any atom is -0.321 e. The first-order chi connectivity index (χ1) is 8.75. The number of nitrogens with one attached hydrogen (secondary N) is 1. The van der Waals surface area contributed by atoms with Gasteiger partial charge in [0.25, 0.3) is 5.91 Å². The fourth-order valence-corrected chi connectivity index (χ4v) is 2.54. The number of rotatable bonds is 2. The molecular weight excluding hydrogens is 246 g/mol. The van der Waals surface area contributed by atoms with E-state index in [1.807, 2.05) is 35.7 Å². The van der Waals surface area contributed by atoms with Crippen molar-refractivity contribution >= 4 is 34.3 Å². The molecule has 1 amide bonds. The lowest BCUT2D eigenvalue weighted by Gasteiger charge is -1.96. The van der Waals surface area contributed by atoms with E-state index < -0.39 is 0 Å². The highest BCUT2D eigenvalue weighted by Gasteiger charge is 2.24. The van der Waals surface area contributed by atoms with Crippen LogP contribution in [0.25, 0.3) is 5.57 Å². The van der Waals surface area contributed by atoms with Crippen molar-refractivity contribution in [1.82, 2.24) is 0 Å². The first kappa shape index (κ1) is 10.9. The SMILES string of the molecule is O=C1Nc2ccccc2/C1=C/C(=O)c1cccs1. The summed E-state index contributed by atoms with van der Waals surface area (Å²) in [7, 11) is 0. The molecule has 0 saturated heterocycles. The van der Waals surface area contributed by atoms with Crippen LogP contribution in [-0.2, 0) is 4.79 Å². The first-order valence-corrected chi connectivity index (χ1v) is 6.34. The predicted octanol–water partition coefficient (Wildman–Crippen LogP) is 2.97. The molecule has 0 fully saturated rings. The number of para-hydroxylation sites is 1. The second-order valence-corrected chi connectivity index (χ2v) is 4.85. The molecule has 0 aliphatic carbocycles. The highest BCUT2D eigenvalue weighted by Crippen LogP contribution is 2.31. The Kier molecular flexibility index (Phi) is 2.57. The molecule has 3 nitrogen and oxygen atoms in total. The van der Waals surface area contributed by atoms with E-state index in [1.54, 1.807) is 6.07 Å². The van der Waals surface area contributed by atoms with Crippen LogP contribution in [0, 0.1) is 0 Å². The van der Waals surface area contributed by atoms with Gasteiger partial charge in [-0.25, -0.2) is 0 Å². The summed E-state index contributed by atoms with van der Waals surface area (Å²) in [6.07, 6.45) is 1.41. The van der Waals surface area contributed by atoms with Crippen LogP contribution in [0.4, 0.5) is 5.69 Å². The maximum absolute atomic E-state index is 12.0. The van der Waals surface area contributed by atoms with Gasteiger partial charge in [0.15, 0.2) is 5.78 Å². The van der Waals surface area contributed by atoms with E-state index in [0.29, 0.717) is 10.5 Å². The van der Waals surface area contributed by atoms with E-state index in [1.165, 1.54) is 17.4 Å². The molecule has 1 aromatic carbocycles. The largest absolute Gasteiger partial charge is 0.321 e. The summed E-state index contributed by atoms with van der Waals surface area (Å²) in [5.74, 6) is -0.354. The Hall–Kier alpha value is -2.20. The van der Waals surface area contributed by atoms with Gasteiger partial charge < -0.3 is 5.32 Å². The number of carbonyl (C=O) groups is 2. The monoisotopic (exact) mass is 255 g/mol. The normalized spacial score (nSPS) is 15.6. The number of allylic oxidation sites excluding steroid dienone is 1. The zero-order chi connectivity index (χ0) is 12.5. The van der Waals surface area contributed by atoms with Gasteiger partial charge in [-0.1, -0.05) is 24.3 Å². The van der Waals surface area contributed by atoms with E-state index in [4.69, 9.17) is 0 Å². The molecule has 0 saturated carbocycles. The van der Waals surface area contributed by atoms with E-state index in [0.717, 1.165) is 11.3 Å². The lowest BCUT2D eigenvalue weighted by atomic mass is 10.1. The molecular formula is C14H9NO2S. The van der Waals surface area contributed by atoms with Crippen LogP contribution in [0.15, 0.2) is 47.9 Å². The van der Waals surface area contributed by atoms with Crippen LogP contribution >= 0.6 is 11.3 Å². The Morgan fingerprint density at radius 2 is 2.00 bits per heavy atom. The number of anilines is 1. The summed E-state index contributed by atoms with van der Waals surface area (Å²) in [4.78, 5) is 24.4. The Morgan fingerprint density at radius 3 is 2.78 bits per heavy atom. The molecule has 1 aliphatic heterocycles. The van der Waals surface area contributed by atoms with E-state index in [9.17, 15) is 9.59 Å². The number of fused-ring (bicyclic) bond motifs is 1. The number of thiophene rings is 1. The molecule has 88 valence electrons. The van der Waals surface area contributed by atoms with Crippen molar-refractivity contribution in [3.05, 3.63) is 58.3 Å². The van der Waals surface area contributed by atoms with E-state index >= 15 is 0 Å². The van der Waals surface area contributed by atoms with Gasteiger partial charge in [-0.15, -0.1) is 11.3 Å². The van der Waals surface area contributed by atoms with Crippen molar-refractivity contribution in [2.45, 2.75) is 0 Å². The maximum Gasteiger partial charge on any atom is 0.256 e. The van der Waals surface area contributed by atoms with Gasteiger partial charge in [-0.3, -0.25) is 9.59 Å². The van der Waals surface area contributed by atoms with Crippen molar-refractivity contribution in [1.29, 1.82) is 0 Å². The summed E-state index contributed by atoms with van der Waals surface area (Å²) in [6, 6.07) is 10.9. The number of hydrogen-bond acceptors (Lipinski definition) is 3. The summed E-state index contributed by atoms with van der Waals surface area (Å²) in [6.45, 7) is 0. The topological polar surface area (TPSA) is 46.2 Å². The van der Waals surface area contributed by atoms with Gasteiger partial charge >= 0.3 is 0 Å². The van der Waals surface area contributed by atoms with Crippen LogP contribution in [0.5, 0.6) is 0 Å². The molecule has 4 heteroatoms. The molecule has 2 aromatic rings. The van der Waals surface area contributed by atoms with Gasteiger partial charge in [0.1, 0.15) is 0 Å². The smallest absolute Gasteiger partial charge is 0.256 e. The molecule has 0 radical (unpaired) electrons. The van der Waals surface area contributed by atoms with E-state index in [2.05, 4.69) is 5.32 Å². The number of hydrogen-bond donors (Lipinski definition) is 1. The molecule has 1 aromatic heterocycles. The molecule has 0 spiro atoms. The van der Waals surface area contributed by atoms with Crippen LogP contribution in [0.2, 0.25) is 0 Å². The Bertz CT molecular complexity index is 656. The average molecular weight is 255 g/mol. The van der Waals surface area contributed by atoms with Crippen LogP contribution in [0.3, 0.4) is 0 Å². The number of benzene rings is 1. The first-order valence-electron chi connectivity index (χ1n) is 5.46. The van der Waals surface area contributed by atoms with Crippen molar-refractivity contribution in [3.63, 3.8) is 0 Å². The quantitative estimate of drug-likeness (QED) is 0.662. The Balaban J connectivity index is 2.02. The summed E-state index contributed by atoms with van der Waals surface area (Å²) in [5, 5.41) is 4.58. The molecule has 0 atom stereocenters. The molecule has 3 rings (SSSR count). The lowest BCUT2D eigenvalue weighted by Crippen LogP contribution is -2.05. The fraction of sp³-hybridized carbons (Fsp3) is 0. The van der Waals surface area contributed by atoms with Crippen LogP contribution in [0.1, 0.15) is 15.2 Å². The zero-order valence-corrected chi connectivity index (χ0v) is 10.2. The molecule has 0 bridgehead atoms. The molecule has 1 N–H and O–H groups in total. The van der Waals surface area contributed by atoms with Crippen molar-refractivity contribution in [2.24, 2.45) is 0 Å². The summed E-state index contributed by atoms with van der Waals surface area (Å²) >= 11 is 1.37. The highest BCUT2D eigenvalue weighted by atomic mass is 32.1. The Morgan fingerprint density at radius 1 is 1.17 bits per heavy atom. The van der Waals surface area contributed by atoms with Gasteiger partial charge in [0, 0.05) is 17.3 Å². The zero-order valence-electron chi connectivity index (χ0n) is 9.34. The van der Waals surface area contributed by atoms with Gasteiger partial charge in [-0.05, 0) is 17.5 Å². The van der Waals surface area contributed by atoms with Gasteiger partial charge in [0.2, 0.25) is 0 Å². The molecule has 1 aliphatic rings. The van der Waals surface area contributed by atoms with Gasteiger partial charge in [-0.2, -0.15) is 0 Å². The van der Waals surface area contributed by atoms with Crippen molar-refractivity contribution < 1.29 is 9.59 Å². The molecule has 18 heavy (non-hydrogen) atoms. The maximum atomic E-state index is 12.0. The van der Waals surface area contributed by atoms with Crippen molar-refractivity contribution in [3.8, 4) is 0 Å². The average Bonchev–Trinajstić information content (AvgIpc) is 2.98. The summed E-state index contributed by atoms with van der Waals surface area (Å²) < 4.78 is 0. The van der Waals surface area contributed by atoms with E-state index in [-0.39, 0.29) is 11.7 Å². The fourth-order valence-electron chi connectivity index (χ4n) is 1.90. The van der Waals surface area contributed by atoms with Crippen LogP contribution in [-0.4, -0.2) is 11.7 Å². The second-order valence-electron chi connectivity index (χ2n) is 3.90. The second kappa shape index (κ2) is 4.23. The predicted molar refractivity (Wildman–Crippen MR) is 71.7 cm³/mol. The van der Waals surface area contributed by atoms with Gasteiger partial charge in [0.05, 0.1) is 10.5 Å². The number of carbonyl (C=O) groups excluding carboxylic acids is 2. The third-order valence-electron chi connectivity index (χ3n) is 2.75. The minimum absolute atomic E-state index is 0.133. The number of ketones is 1. The standard InChI is InChI=1S/C14H9NO2S/c16-12(13-6-3-7-18-13)8-10-9-4-1-2-5-11(9)15-14(10)17/h1-8H,(H,15,17)/b10-8-. The molecule has 2 heterocycles. The molecule has 0 unspecified atom stereocenters.